The van der Waals surface area contributed by atoms with E-state index in [1.54, 1.807) is 42.5 Å². The summed E-state index contributed by atoms with van der Waals surface area (Å²) < 4.78 is 5.60. The Kier molecular flexibility index (Phi) is 3.25. The molecule has 0 aliphatic heterocycles. The summed E-state index contributed by atoms with van der Waals surface area (Å²) in [5.74, 6) is -0.302. The molecule has 0 fully saturated rings. The number of hydrogen-bond donors (Lipinski definition) is 0. The Balaban J connectivity index is 1.82. The van der Waals surface area contributed by atoms with Crippen LogP contribution in [0.25, 0.3) is 5.57 Å². The molecule has 3 nitrogen and oxygen atoms in total. The van der Waals surface area contributed by atoms with Gasteiger partial charge in [0.05, 0.1) is 0 Å². The SMILES string of the molecule is C=C1c2ccccc2C(=O)c2oc(C(=O)c3cccc(Cl)c3)cc21. The number of carbonyl (C=O) groups is 2. The third-order valence-electron chi connectivity index (χ3n) is 4.07. The van der Waals surface area contributed by atoms with Gasteiger partial charge in [0, 0.05) is 21.7 Å². The second-order valence-electron chi connectivity index (χ2n) is 5.55. The zero-order valence-electron chi connectivity index (χ0n) is 12.5. The highest BCUT2D eigenvalue weighted by Gasteiger charge is 2.31. The Bertz CT molecular complexity index is 974. The van der Waals surface area contributed by atoms with Gasteiger partial charge < -0.3 is 4.42 Å². The summed E-state index contributed by atoms with van der Waals surface area (Å²) in [5, 5.41) is 0.463. The van der Waals surface area contributed by atoms with Gasteiger partial charge in [-0.15, -0.1) is 0 Å². The predicted molar refractivity (Wildman–Crippen MR) is 91.6 cm³/mol. The number of benzene rings is 2. The lowest BCUT2D eigenvalue weighted by molar-refractivity contribution is 0.0985. The van der Waals surface area contributed by atoms with Crippen molar-refractivity contribution in [3.8, 4) is 0 Å². The van der Waals surface area contributed by atoms with Crippen LogP contribution < -0.4 is 0 Å². The van der Waals surface area contributed by atoms with Crippen LogP contribution >= 0.6 is 11.6 Å². The molecule has 0 saturated carbocycles. The highest BCUT2D eigenvalue weighted by Crippen LogP contribution is 2.37. The average molecular weight is 335 g/mol. The summed E-state index contributed by atoms with van der Waals surface area (Å²) in [5.41, 5.74) is 2.94. The number of carbonyl (C=O) groups excluding carboxylic acids is 2. The van der Waals surface area contributed by atoms with Crippen molar-refractivity contribution in [1.29, 1.82) is 0 Å². The Morgan fingerprint density at radius 1 is 0.958 bits per heavy atom. The standard InChI is InChI=1S/C20H11ClO3/c1-11-14-7-2-3-8-15(14)19(23)20-16(11)10-17(24-20)18(22)12-5-4-6-13(21)9-12/h2-10H,1H2. The van der Waals surface area contributed by atoms with Crippen LogP contribution in [0.4, 0.5) is 0 Å². The Hall–Kier alpha value is -2.91. The Morgan fingerprint density at radius 3 is 2.46 bits per heavy atom. The lowest BCUT2D eigenvalue weighted by Gasteiger charge is -2.15. The molecule has 0 amide bonds. The van der Waals surface area contributed by atoms with Crippen molar-refractivity contribution in [2.75, 3.05) is 0 Å². The van der Waals surface area contributed by atoms with Crippen LogP contribution in [0.2, 0.25) is 5.02 Å². The molecule has 0 radical (unpaired) electrons. The third-order valence-corrected chi connectivity index (χ3v) is 4.31. The van der Waals surface area contributed by atoms with Crippen LogP contribution in [-0.2, 0) is 0 Å². The van der Waals surface area contributed by atoms with Gasteiger partial charge in [-0.05, 0) is 29.3 Å². The number of halogens is 1. The summed E-state index contributed by atoms with van der Waals surface area (Å²) in [6.45, 7) is 4.05. The molecule has 0 unspecified atom stereocenters. The molecule has 0 spiro atoms. The number of furan rings is 1. The van der Waals surface area contributed by atoms with E-state index in [1.807, 2.05) is 12.1 Å². The first kappa shape index (κ1) is 14.7. The molecule has 116 valence electrons. The van der Waals surface area contributed by atoms with Crippen molar-refractivity contribution in [3.63, 3.8) is 0 Å². The summed E-state index contributed by atoms with van der Waals surface area (Å²) in [6.07, 6.45) is 0. The molecule has 1 aliphatic rings. The smallest absolute Gasteiger partial charge is 0.229 e. The van der Waals surface area contributed by atoms with Crippen molar-refractivity contribution in [2.45, 2.75) is 0 Å². The molecule has 1 heterocycles. The summed E-state index contributed by atoms with van der Waals surface area (Å²) in [7, 11) is 0. The van der Waals surface area contributed by atoms with Gasteiger partial charge in [-0.2, -0.15) is 0 Å². The van der Waals surface area contributed by atoms with Gasteiger partial charge in [0.1, 0.15) is 0 Å². The topological polar surface area (TPSA) is 47.3 Å². The molecule has 1 aromatic heterocycles. The van der Waals surface area contributed by atoms with E-state index in [2.05, 4.69) is 6.58 Å². The van der Waals surface area contributed by atoms with E-state index in [1.165, 1.54) is 0 Å². The predicted octanol–water partition coefficient (Wildman–Crippen LogP) is 4.77. The minimum absolute atomic E-state index is 0.101. The minimum Gasteiger partial charge on any atom is -0.448 e. The fraction of sp³-hybridized carbons (Fsp3) is 0. The maximum atomic E-state index is 12.6. The monoisotopic (exact) mass is 334 g/mol. The molecule has 24 heavy (non-hydrogen) atoms. The van der Waals surface area contributed by atoms with Crippen molar-refractivity contribution < 1.29 is 14.0 Å². The molecule has 0 saturated heterocycles. The highest BCUT2D eigenvalue weighted by molar-refractivity contribution is 6.31. The molecule has 0 N–H and O–H groups in total. The second-order valence-corrected chi connectivity index (χ2v) is 5.98. The van der Waals surface area contributed by atoms with E-state index >= 15 is 0 Å². The normalized spacial score (nSPS) is 12.7. The van der Waals surface area contributed by atoms with Crippen LogP contribution in [0.1, 0.15) is 43.4 Å². The maximum absolute atomic E-state index is 12.6. The van der Waals surface area contributed by atoms with Gasteiger partial charge in [0.2, 0.25) is 11.6 Å². The van der Waals surface area contributed by atoms with E-state index in [0.29, 0.717) is 27.3 Å². The van der Waals surface area contributed by atoms with Crippen molar-refractivity contribution in [3.05, 3.63) is 100.0 Å². The average Bonchev–Trinajstić information content (AvgIpc) is 3.05. The Labute approximate surface area is 143 Å². The van der Waals surface area contributed by atoms with Crippen molar-refractivity contribution in [2.24, 2.45) is 0 Å². The first-order chi connectivity index (χ1) is 11.6. The largest absolute Gasteiger partial charge is 0.448 e. The van der Waals surface area contributed by atoms with Gasteiger partial charge in [-0.3, -0.25) is 9.59 Å². The summed E-state index contributed by atoms with van der Waals surface area (Å²) >= 11 is 5.93. The van der Waals surface area contributed by atoms with E-state index in [0.717, 1.165) is 5.56 Å². The van der Waals surface area contributed by atoms with Crippen LogP contribution in [0.3, 0.4) is 0 Å². The number of ketones is 2. The van der Waals surface area contributed by atoms with Gasteiger partial charge in [-0.25, -0.2) is 0 Å². The molecule has 2 aromatic carbocycles. The van der Waals surface area contributed by atoms with Gasteiger partial charge in [0.25, 0.3) is 0 Å². The fourth-order valence-electron chi connectivity index (χ4n) is 2.88. The molecule has 0 bridgehead atoms. The molecule has 4 heteroatoms. The zero-order valence-corrected chi connectivity index (χ0v) is 13.3. The molecule has 3 aromatic rings. The third kappa shape index (κ3) is 2.14. The number of fused-ring (bicyclic) bond motifs is 2. The highest BCUT2D eigenvalue weighted by atomic mass is 35.5. The van der Waals surface area contributed by atoms with E-state index in [-0.39, 0.29) is 23.1 Å². The number of hydrogen-bond acceptors (Lipinski definition) is 3. The van der Waals surface area contributed by atoms with Gasteiger partial charge in [0.15, 0.2) is 11.5 Å². The molecule has 4 rings (SSSR count). The van der Waals surface area contributed by atoms with Crippen molar-refractivity contribution >= 4 is 28.7 Å². The first-order valence-corrected chi connectivity index (χ1v) is 7.71. The summed E-state index contributed by atoms with van der Waals surface area (Å²) in [6, 6.07) is 15.4. The quantitative estimate of drug-likeness (QED) is 0.496. The fourth-order valence-corrected chi connectivity index (χ4v) is 3.07. The van der Waals surface area contributed by atoms with Crippen molar-refractivity contribution in [1.82, 2.24) is 0 Å². The first-order valence-electron chi connectivity index (χ1n) is 7.34. The van der Waals surface area contributed by atoms with E-state index in [9.17, 15) is 9.59 Å². The zero-order chi connectivity index (χ0) is 16.8. The molecular formula is C20H11ClO3. The molecular weight excluding hydrogens is 324 g/mol. The van der Waals surface area contributed by atoms with E-state index in [4.69, 9.17) is 16.0 Å². The molecule has 1 aliphatic carbocycles. The lowest BCUT2D eigenvalue weighted by Crippen LogP contribution is -2.11. The van der Waals surface area contributed by atoms with Crippen LogP contribution in [0, 0.1) is 0 Å². The van der Waals surface area contributed by atoms with Gasteiger partial charge in [-0.1, -0.05) is 54.6 Å². The summed E-state index contributed by atoms with van der Waals surface area (Å²) in [4.78, 5) is 25.2. The van der Waals surface area contributed by atoms with Gasteiger partial charge >= 0.3 is 0 Å². The molecule has 0 atom stereocenters. The van der Waals surface area contributed by atoms with E-state index < -0.39 is 0 Å². The Morgan fingerprint density at radius 2 is 1.71 bits per heavy atom. The van der Waals surface area contributed by atoms with Crippen LogP contribution in [0.5, 0.6) is 0 Å². The second kappa shape index (κ2) is 5.32. The lowest BCUT2D eigenvalue weighted by atomic mass is 9.86. The van der Waals surface area contributed by atoms with Crippen LogP contribution in [0.15, 0.2) is 65.6 Å². The minimum atomic E-state index is -0.323. The van der Waals surface area contributed by atoms with Crippen LogP contribution in [-0.4, -0.2) is 11.6 Å². The number of rotatable bonds is 2. The maximum Gasteiger partial charge on any atom is 0.229 e.